The van der Waals surface area contributed by atoms with Crippen LogP contribution in [0.1, 0.15) is 36.9 Å². The first kappa shape index (κ1) is 21.5. The van der Waals surface area contributed by atoms with E-state index < -0.39 is 0 Å². The second kappa shape index (κ2) is 7.91. The van der Waals surface area contributed by atoms with E-state index >= 15 is 0 Å². The lowest BCUT2D eigenvalue weighted by Crippen LogP contribution is -2.70. The van der Waals surface area contributed by atoms with E-state index in [1.165, 1.54) is 0 Å². The summed E-state index contributed by atoms with van der Waals surface area (Å²) in [6.07, 6.45) is 3.44. The van der Waals surface area contributed by atoms with E-state index in [2.05, 4.69) is 33.0 Å². The topological polar surface area (TPSA) is 108 Å². The molecule has 0 aromatic carbocycles. The summed E-state index contributed by atoms with van der Waals surface area (Å²) in [5.41, 5.74) is 15.0. The fourth-order valence-electron chi connectivity index (χ4n) is 5.78. The minimum atomic E-state index is -0.271. The van der Waals surface area contributed by atoms with Crippen LogP contribution >= 0.6 is 11.6 Å². The number of piperidine rings is 1. The molecule has 5 heterocycles. The molecule has 1 spiro atoms. The van der Waals surface area contributed by atoms with E-state index in [9.17, 15) is 4.79 Å². The molecular weight excluding hydrogens is 418 g/mol. The number of hydrazine groups is 1. The minimum absolute atomic E-state index is 0.0616. The highest BCUT2D eigenvalue weighted by Gasteiger charge is 2.52. The lowest BCUT2D eigenvalue weighted by molar-refractivity contribution is -0.151. The molecule has 0 aliphatic carbocycles. The lowest BCUT2D eigenvalue weighted by atomic mass is 9.73. The molecular formula is C21H32ClN7O2. The first-order valence-electron chi connectivity index (χ1n) is 11.1. The van der Waals surface area contributed by atoms with Crippen LogP contribution in [-0.4, -0.2) is 72.0 Å². The predicted octanol–water partition coefficient (Wildman–Crippen LogP) is 0.308. The van der Waals surface area contributed by atoms with Crippen LogP contribution in [0.5, 0.6) is 0 Å². The molecule has 5 N–H and O–H groups in total. The fraction of sp³-hybridized carbons (Fsp3) is 0.714. The van der Waals surface area contributed by atoms with Crippen molar-refractivity contribution in [2.24, 2.45) is 17.1 Å². The number of nitrogens with zero attached hydrogens (tertiary/aromatic N) is 3. The number of aromatic nitrogens is 1. The molecule has 6 atom stereocenters. The van der Waals surface area contributed by atoms with Crippen molar-refractivity contribution in [1.82, 2.24) is 31.0 Å². The standard InChI is InChI=1S/C21H32ClN7O2/c1-11-13(4-7-24-17(11)22)15-14-18(27-26-15)25-20(28(3)19(14)30)29-8-5-21(6-9-29)10-31-12(2)16(21)23/h4,7,12,14-16,18,20,25-27H,5-6,8-10,23H2,1-3H3/t12-,14?,15?,16+,18?,20?/m0/s1. The smallest absolute Gasteiger partial charge is 0.232 e. The van der Waals surface area contributed by atoms with Crippen molar-refractivity contribution < 1.29 is 9.53 Å². The van der Waals surface area contributed by atoms with Crippen LogP contribution in [0.4, 0.5) is 0 Å². The second-order valence-corrected chi connectivity index (χ2v) is 9.87. The van der Waals surface area contributed by atoms with Crippen LogP contribution in [0.3, 0.4) is 0 Å². The normalized spacial score (nSPS) is 38.1. The van der Waals surface area contributed by atoms with Gasteiger partial charge in [0.1, 0.15) is 11.4 Å². The average molecular weight is 450 g/mol. The van der Waals surface area contributed by atoms with Crippen molar-refractivity contribution in [3.05, 3.63) is 28.5 Å². The molecule has 170 valence electrons. The number of pyridine rings is 1. The third kappa shape index (κ3) is 3.38. The van der Waals surface area contributed by atoms with Crippen molar-refractivity contribution in [3.63, 3.8) is 0 Å². The number of nitrogens with two attached hydrogens (primary N) is 1. The van der Waals surface area contributed by atoms with Crippen LogP contribution in [0.2, 0.25) is 5.15 Å². The molecule has 4 saturated heterocycles. The summed E-state index contributed by atoms with van der Waals surface area (Å²) in [5.74, 6) is -0.162. The van der Waals surface area contributed by atoms with Gasteiger partial charge in [-0.25, -0.2) is 15.8 Å². The Bertz CT molecular complexity index is 862. The van der Waals surface area contributed by atoms with Crippen molar-refractivity contribution in [2.45, 2.75) is 57.3 Å². The summed E-state index contributed by atoms with van der Waals surface area (Å²) in [5, 5.41) is 4.11. The van der Waals surface area contributed by atoms with E-state index in [1.807, 2.05) is 24.9 Å². The number of carbonyl (C=O) groups is 1. The Morgan fingerprint density at radius 1 is 1.32 bits per heavy atom. The third-order valence-corrected chi connectivity index (χ3v) is 8.33. The minimum Gasteiger partial charge on any atom is -0.376 e. The van der Waals surface area contributed by atoms with Gasteiger partial charge in [-0.1, -0.05) is 11.6 Å². The summed E-state index contributed by atoms with van der Waals surface area (Å²) >= 11 is 6.23. The largest absolute Gasteiger partial charge is 0.376 e. The highest BCUT2D eigenvalue weighted by atomic mass is 35.5. The molecule has 0 radical (unpaired) electrons. The quantitative estimate of drug-likeness (QED) is 0.478. The van der Waals surface area contributed by atoms with Gasteiger partial charge in [0.15, 0.2) is 0 Å². The zero-order chi connectivity index (χ0) is 21.9. The van der Waals surface area contributed by atoms with E-state index in [4.69, 9.17) is 22.1 Å². The number of rotatable bonds is 2. The number of halogens is 1. The predicted molar refractivity (Wildman–Crippen MR) is 117 cm³/mol. The summed E-state index contributed by atoms with van der Waals surface area (Å²) in [6.45, 7) is 6.50. The van der Waals surface area contributed by atoms with Crippen LogP contribution < -0.4 is 21.9 Å². The van der Waals surface area contributed by atoms with Crippen LogP contribution in [0, 0.1) is 18.3 Å². The van der Waals surface area contributed by atoms with E-state index in [-0.39, 0.29) is 47.9 Å². The zero-order valence-electron chi connectivity index (χ0n) is 18.3. The molecule has 1 aromatic rings. The molecule has 4 aliphatic heterocycles. The molecule has 0 saturated carbocycles. The molecule has 1 amide bonds. The van der Waals surface area contributed by atoms with Gasteiger partial charge in [0.25, 0.3) is 0 Å². The number of fused-ring (bicyclic) bond motifs is 1. The maximum Gasteiger partial charge on any atom is 0.232 e. The lowest BCUT2D eigenvalue weighted by Gasteiger charge is -2.49. The van der Waals surface area contributed by atoms with Gasteiger partial charge in [0.05, 0.1) is 30.8 Å². The number of carbonyl (C=O) groups excluding carboxylic acids is 1. The first-order chi connectivity index (χ1) is 14.8. The van der Waals surface area contributed by atoms with Gasteiger partial charge in [-0.3, -0.25) is 15.0 Å². The molecule has 4 aliphatic rings. The van der Waals surface area contributed by atoms with Crippen molar-refractivity contribution >= 4 is 17.5 Å². The number of nitrogens with one attached hydrogen (secondary N) is 3. The van der Waals surface area contributed by atoms with Crippen LogP contribution in [-0.2, 0) is 9.53 Å². The number of ether oxygens (including phenoxy) is 1. The molecule has 4 fully saturated rings. The summed E-state index contributed by atoms with van der Waals surface area (Å²) in [4.78, 5) is 21.8. The Balaban J connectivity index is 1.30. The number of amides is 1. The zero-order valence-corrected chi connectivity index (χ0v) is 19.0. The third-order valence-electron chi connectivity index (χ3n) is 7.95. The number of likely N-dealkylation sites (tertiary alicyclic amines) is 1. The Hall–Kier alpha value is -1.33. The Morgan fingerprint density at radius 3 is 2.74 bits per heavy atom. The molecule has 31 heavy (non-hydrogen) atoms. The van der Waals surface area contributed by atoms with Crippen molar-refractivity contribution in [1.29, 1.82) is 0 Å². The van der Waals surface area contributed by atoms with E-state index in [1.54, 1.807) is 6.20 Å². The summed E-state index contributed by atoms with van der Waals surface area (Å²) in [7, 11) is 1.88. The Morgan fingerprint density at radius 2 is 2.06 bits per heavy atom. The Kier molecular flexibility index (Phi) is 5.49. The van der Waals surface area contributed by atoms with Gasteiger partial charge < -0.3 is 15.4 Å². The molecule has 5 rings (SSSR count). The van der Waals surface area contributed by atoms with E-state index in [0.29, 0.717) is 5.15 Å². The van der Waals surface area contributed by atoms with Crippen molar-refractivity contribution in [2.75, 3.05) is 26.7 Å². The van der Waals surface area contributed by atoms with Gasteiger partial charge >= 0.3 is 0 Å². The van der Waals surface area contributed by atoms with Gasteiger partial charge in [0.2, 0.25) is 5.91 Å². The summed E-state index contributed by atoms with van der Waals surface area (Å²) in [6, 6.07) is 1.84. The van der Waals surface area contributed by atoms with Gasteiger partial charge in [-0.2, -0.15) is 0 Å². The SMILES string of the molecule is Cc1c(C2NNC3NC(N4CCC5(CC4)CO[C@@H](C)[C@H]5N)N(C)C(=O)C32)ccnc1Cl. The maximum absolute atomic E-state index is 13.5. The van der Waals surface area contributed by atoms with Gasteiger partial charge in [0, 0.05) is 37.8 Å². The first-order valence-corrected chi connectivity index (χ1v) is 11.5. The van der Waals surface area contributed by atoms with E-state index in [0.717, 1.165) is 43.7 Å². The average Bonchev–Trinajstić information content (AvgIpc) is 3.31. The Labute approximate surface area is 188 Å². The van der Waals surface area contributed by atoms with Crippen LogP contribution in [0.15, 0.2) is 12.3 Å². The maximum atomic E-state index is 13.5. The molecule has 4 unspecified atom stereocenters. The molecule has 9 nitrogen and oxygen atoms in total. The van der Waals surface area contributed by atoms with Gasteiger partial charge in [-0.05, 0) is 43.9 Å². The molecule has 10 heteroatoms. The number of hydrogen-bond acceptors (Lipinski definition) is 8. The van der Waals surface area contributed by atoms with Crippen molar-refractivity contribution in [3.8, 4) is 0 Å². The molecule has 1 aromatic heterocycles. The number of hydrogen-bond donors (Lipinski definition) is 4. The molecule has 0 bridgehead atoms. The highest BCUT2D eigenvalue weighted by molar-refractivity contribution is 6.30. The van der Waals surface area contributed by atoms with Gasteiger partial charge in [-0.15, -0.1) is 0 Å². The van der Waals surface area contributed by atoms with Crippen LogP contribution in [0.25, 0.3) is 0 Å². The second-order valence-electron chi connectivity index (χ2n) is 9.52. The highest BCUT2D eigenvalue weighted by Crippen LogP contribution is 2.42. The monoisotopic (exact) mass is 449 g/mol. The summed E-state index contributed by atoms with van der Waals surface area (Å²) < 4.78 is 5.85. The fourth-order valence-corrected chi connectivity index (χ4v) is 5.94.